The third-order valence-electron chi connectivity index (χ3n) is 3.54. The van der Waals surface area contributed by atoms with Crippen molar-refractivity contribution in [3.05, 3.63) is 18.0 Å². The molecule has 1 aromatic heterocycles. The average molecular weight is 233 g/mol. The Morgan fingerprint density at radius 1 is 1.47 bits per heavy atom. The number of nitrogens with zero attached hydrogens (tertiary/aromatic N) is 3. The maximum Gasteiger partial charge on any atom is 0.225 e. The first-order chi connectivity index (χ1) is 8.08. The number of hydrogen-bond acceptors (Lipinski definition) is 4. The third-order valence-corrected chi connectivity index (χ3v) is 3.54. The number of aromatic nitrogens is 2. The molecule has 2 heterocycles. The van der Waals surface area contributed by atoms with E-state index in [1.54, 1.807) is 12.3 Å². The van der Waals surface area contributed by atoms with Gasteiger partial charge in [-0.3, -0.25) is 5.41 Å². The molecule has 2 unspecified atom stereocenters. The van der Waals surface area contributed by atoms with Crippen LogP contribution in [0.4, 0.5) is 5.95 Å². The Balaban J connectivity index is 2.17. The van der Waals surface area contributed by atoms with E-state index >= 15 is 0 Å². The van der Waals surface area contributed by atoms with Crippen LogP contribution in [0, 0.1) is 17.2 Å². The smallest absolute Gasteiger partial charge is 0.225 e. The van der Waals surface area contributed by atoms with Gasteiger partial charge in [0.2, 0.25) is 5.95 Å². The van der Waals surface area contributed by atoms with Gasteiger partial charge in [0.25, 0.3) is 0 Å². The summed E-state index contributed by atoms with van der Waals surface area (Å²) in [6.45, 7) is 6.50. The lowest BCUT2D eigenvalue weighted by Gasteiger charge is -2.35. The first-order valence-electron chi connectivity index (χ1n) is 6.00. The molecule has 1 aromatic rings. The molecule has 5 nitrogen and oxygen atoms in total. The number of nitrogens with two attached hydrogens (primary N) is 1. The fourth-order valence-electron chi connectivity index (χ4n) is 2.10. The van der Waals surface area contributed by atoms with Crippen molar-refractivity contribution >= 4 is 11.8 Å². The Morgan fingerprint density at radius 2 is 2.24 bits per heavy atom. The van der Waals surface area contributed by atoms with Crippen LogP contribution < -0.4 is 10.6 Å². The minimum Gasteiger partial charge on any atom is -0.382 e. The number of piperidine rings is 1. The van der Waals surface area contributed by atoms with Gasteiger partial charge in [0, 0.05) is 19.3 Å². The van der Waals surface area contributed by atoms with Crippen LogP contribution in [0.25, 0.3) is 0 Å². The molecule has 2 rings (SSSR count). The Kier molecular flexibility index (Phi) is 3.26. The molecule has 0 spiro atoms. The summed E-state index contributed by atoms with van der Waals surface area (Å²) >= 11 is 0. The highest BCUT2D eigenvalue weighted by Crippen LogP contribution is 2.24. The lowest BCUT2D eigenvalue weighted by molar-refractivity contribution is 0.321. The van der Waals surface area contributed by atoms with Crippen LogP contribution in [-0.2, 0) is 0 Å². The summed E-state index contributed by atoms with van der Waals surface area (Å²) in [5.74, 6) is 2.08. The molecule has 1 aliphatic rings. The SMILES string of the molecule is CC1CCN(c2nccc(C(=N)N)n2)CC1C. The number of anilines is 1. The van der Waals surface area contributed by atoms with Gasteiger partial charge >= 0.3 is 0 Å². The van der Waals surface area contributed by atoms with E-state index in [1.807, 2.05) is 0 Å². The molecule has 0 aromatic carbocycles. The Morgan fingerprint density at radius 3 is 2.88 bits per heavy atom. The molecule has 92 valence electrons. The van der Waals surface area contributed by atoms with Crippen LogP contribution >= 0.6 is 0 Å². The molecular formula is C12H19N5. The highest BCUT2D eigenvalue weighted by atomic mass is 15.3. The summed E-state index contributed by atoms with van der Waals surface area (Å²) in [5, 5.41) is 7.39. The van der Waals surface area contributed by atoms with Crippen molar-refractivity contribution < 1.29 is 0 Å². The van der Waals surface area contributed by atoms with E-state index in [9.17, 15) is 0 Å². The molecule has 3 N–H and O–H groups in total. The second kappa shape index (κ2) is 4.69. The fraction of sp³-hybridized carbons (Fsp3) is 0.583. The molecule has 0 radical (unpaired) electrons. The van der Waals surface area contributed by atoms with Crippen molar-refractivity contribution in [1.82, 2.24) is 9.97 Å². The summed E-state index contributed by atoms with van der Waals surface area (Å²) in [6, 6.07) is 1.67. The van der Waals surface area contributed by atoms with Crippen LogP contribution in [-0.4, -0.2) is 28.9 Å². The number of hydrogen-bond donors (Lipinski definition) is 2. The maximum absolute atomic E-state index is 7.39. The van der Waals surface area contributed by atoms with Crippen LogP contribution in [0.1, 0.15) is 26.0 Å². The summed E-state index contributed by atoms with van der Waals surface area (Å²) in [6.07, 6.45) is 2.83. The van der Waals surface area contributed by atoms with Gasteiger partial charge in [0.05, 0.1) is 0 Å². The predicted molar refractivity (Wildman–Crippen MR) is 68.2 cm³/mol. The van der Waals surface area contributed by atoms with Gasteiger partial charge in [-0.1, -0.05) is 13.8 Å². The standard InChI is InChI=1S/C12H19N5/c1-8-4-6-17(7-9(8)2)12-15-5-3-10(16-12)11(13)14/h3,5,8-9H,4,6-7H2,1-2H3,(H3,13,14). The molecule has 17 heavy (non-hydrogen) atoms. The van der Waals surface area contributed by atoms with Gasteiger partial charge in [-0.15, -0.1) is 0 Å². The Labute approximate surface area is 102 Å². The maximum atomic E-state index is 7.39. The van der Waals surface area contributed by atoms with Crippen LogP contribution in [0.3, 0.4) is 0 Å². The first-order valence-corrected chi connectivity index (χ1v) is 6.00. The second-order valence-corrected chi connectivity index (χ2v) is 4.84. The van der Waals surface area contributed by atoms with Crippen LogP contribution in [0.15, 0.2) is 12.3 Å². The van der Waals surface area contributed by atoms with Crippen LogP contribution in [0.5, 0.6) is 0 Å². The van der Waals surface area contributed by atoms with E-state index < -0.39 is 0 Å². The zero-order valence-corrected chi connectivity index (χ0v) is 10.3. The van der Waals surface area contributed by atoms with Crippen molar-refractivity contribution in [2.45, 2.75) is 20.3 Å². The molecule has 2 atom stereocenters. The minimum atomic E-state index is -0.00734. The third kappa shape index (κ3) is 2.54. The minimum absolute atomic E-state index is 0.00734. The lowest BCUT2D eigenvalue weighted by atomic mass is 9.89. The molecule has 0 amide bonds. The van der Waals surface area contributed by atoms with Crippen LogP contribution in [0.2, 0.25) is 0 Å². The average Bonchev–Trinajstić information content (AvgIpc) is 2.33. The summed E-state index contributed by atoms with van der Waals surface area (Å²) in [4.78, 5) is 10.8. The van der Waals surface area contributed by atoms with Gasteiger partial charge in [0.15, 0.2) is 0 Å². The summed E-state index contributed by atoms with van der Waals surface area (Å²) in [5.41, 5.74) is 5.94. The van der Waals surface area contributed by atoms with E-state index in [2.05, 4.69) is 28.7 Å². The lowest BCUT2D eigenvalue weighted by Crippen LogP contribution is -2.39. The number of amidine groups is 1. The topological polar surface area (TPSA) is 78.9 Å². The van der Waals surface area contributed by atoms with E-state index in [4.69, 9.17) is 11.1 Å². The quantitative estimate of drug-likeness (QED) is 0.595. The highest BCUT2D eigenvalue weighted by Gasteiger charge is 2.24. The number of nitrogens with one attached hydrogen (secondary N) is 1. The molecule has 1 aliphatic heterocycles. The van der Waals surface area contributed by atoms with E-state index in [0.717, 1.165) is 25.4 Å². The van der Waals surface area contributed by atoms with Gasteiger partial charge in [-0.2, -0.15) is 0 Å². The van der Waals surface area contributed by atoms with Crippen molar-refractivity contribution in [3.8, 4) is 0 Å². The molecule has 0 bridgehead atoms. The molecule has 1 saturated heterocycles. The zero-order valence-electron chi connectivity index (χ0n) is 10.3. The largest absolute Gasteiger partial charge is 0.382 e. The van der Waals surface area contributed by atoms with Crippen molar-refractivity contribution in [2.75, 3.05) is 18.0 Å². The Hall–Kier alpha value is -1.65. The second-order valence-electron chi connectivity index (χ2n) is 4.84. The monoisotopic (exact) mass is 233 g/mol. The van der Waals surface area contributed by atoms with E-state index in [-0.39, 0.29) is 5.84 Å². The molecule has 0 saturated carbocycles. The first kappa shape index (κ1) is 11.8. The molecule has 5 heteroatoms. The molecule has 1 fully saturated rings. The zero-order chi connectivity index (χ0) is 12.4. The normalized spacial score (nSPS) is 24.7. The molecular weight excluding hydrogens is 214 g/mol. The van der Waals surface area contributed by atoms with E-state index in [0.29, 0.717) is 17.6 Å². The summed E-state index contributed by atoms with van der Waals surface area (Å²) in [7, 11) is 0. The number of rotatable bonds is 2. The van der Waals surface area contributed by atoms with Gasteiger partial charge in [-0.05, 0) is 24.3 Å². The van der Waals surface area contributed by atoms with Gasteiger partial charge < -0.3 is 10.6 Å². The van der Waals surface area contributed by atoms with Crippen molar-refractivity contribution in [3.63, 3.8) is 0 Å². The summed E-state index contributed by atoms with van der Waals surface area (Å²) < 4.78 is 0. The van der Waals surface area contributed by atoms with Gasteiger partial charge in [0.1, 0.15) is 11.5 Å². The van der Waals surface area contributed by atoms with Gasteiger partial charge in [-0.25, -0.2) is 9.97 Å². The molecule has 0 aliphatic carbocycles. The fourth-order valence-corrected chi connectivity index (χ4v) is 2.10. The highest BCUT2D eigenvalue weighted by molar-refractivity contribution is 5.93. The predicted octanol–water partition coefficient (Wildman–Crippen LogP) is 1.24. The van der Waals surface area contributed by atoms with Crippen molar-refractivity contribution in [2.24, 2.45) is 17.6 Å². The number of nitrogen functional groups attached to an aromatic ring is 1. The van der Waals surface area contributed by atoms with Crippen molar-refractivity contribution in [1.29, 1.82) is 5.41 Å². The van der Waals surface area contributed by atoms with E-state index in [1.165, 1.54) is 0 Å². The Bertz CT molecular complexity index is 417.